The Labute approximate surface area is 160 Å². The number of sulfonamides is 1. The molecule has 3 rings (SSSR count). The summed E-state index contributed by atoms with van der Waals surface area (Å²) in [4.78, 5) is 14.7. The molecule has 1 heterocycles. The van der Waals surface area contributed by atoms with E-state index in [1.165, 1.54) is 23.5 Å². The molecule has 1 atom stereocenters. The number of rotatable bonds is 5. The summed E-state index contributed by atoms with van der Waals surface area (Å²) in [7, 11) is -0.371. The molecule has 0 aromatic heterocycles. The van der Waals surface area contributed by atoms with Crippen LogP contribution in [0.5, 0.6) is 5.75 Å². The van der Waals surface area contributed by atoms with E-state index in [-0.39, 0.29) is 23.3 Å². The van der Waals surface area contributed by atoms with Crippen molar-refractivity contribution in [3.63, 3.8) is 0 Å². The SMILES string of the molecule is COc1ccc(S(=O)(=O)N2CCC[C@@H](C(=O)N(C)c3ccccc3)C2)cc1. The van der Waals surface area contributed by atoms with Gasteiger partial charge in [0, 0.05) is 25.8 Å². The molecule has 2 aromatic carbocycles. The van der Waals surface area contributed by atoms with Gasteiger partial charge in [0.1, 0.15) is 5.75 Å². The van der Waals surface area contributed by atoms with Gasteiger partial charge in [0.25, 0.3) is 0 Å². The quantitative estimate of drug-likeness (QED) is 0.790. The molecule has 0 radical (unpaired) electrons. The Morgan fingerprint density at radius 1 is 1.11 bits per heavy atom. The van der Waals surface area contributed by atoms with Crippen LogP contribution in [0.25, 0.3) is 0 Å². The maximum Gasteiger partial charge on any atom is 0.243 e. The third kappa shape index (κ3) is 4.14. The van der Waals surface area contributed by atoms with Crippen LogP contribution in [-0.2, 0) is 14.8 Å². The maximum absolute atomic E-state index is 13.0. The van der Waals surface area contributed by atoms with Gasteiger partial charge < -0.3 is 9.64 Å². The zero-order valence-electron chi connectivity index (χ0n) is 15.5. The zero-order valence-corrected chi connectivity index (χ0v) is 16.4. The molecule has 0 N–H and O–H groups in total. The smallest absolute Gasteiger partial charge is 0.243 e. The highest BCUT2D eigenvalue weighted by molar-refractivity contribution is 7.89. The first kappa shape index (κ1) is 19.4. The van der Waals surface area contributed by atoms with E-state index in [2.05, 4.69) is 0 Å². The minimum Gasteiger partial charge on any atom is -0.497 e. The zero-order chi connectivity index (χ0) is 19.4. The summed E-state index contributed by atoms with van der Waals surface area (Å²) in [6.45, 7) is 0.623. The molecule has 1 aliphatic rings. The lowest BCUT2D eigenvalue weighted by Gasteiger charge is -2.33. The number of hydrogen-bond acceptors (Lipinski definition) is 4. The van der Waals surface area contributed by atoms with E-state index in [9.17, 15) is 13.2 Å². The van der Waals surface area contributed by atoms with Crippen LogP contribution in [0.4, 0.5) is 5.69 Å². The summed E-state index contributed by atoms with van der Waals surface area (Å²) in [5.41, 5.74) is 0.803. The number of amides is 1. The van der Waals surface area contributed by atoms with Crippen molar-refractivity contribution in [2.75, 3.05) is 32.1 Å². The van der Waals surface area contributed by atoms with Crippen molar-refractivity contribution in [2.24, 2.45) is 5.92 Å². The number of hydrogen-bond donors (Lipinski definition) is 0. The second-order valence-electron chi connectivity index (χ2n) is 6.61. The number of carbonyl (C=O) groups is 1. The van der Waals surface area contributed by atoms with Crippen LogP contribution in [0.15, 0.2) is 59.5 Å². The predicted molar refractivity (Wildman–Crippen MR) is 104 cm³/mol. The first-order valence-electron chi connectivity index (χ1n) is 8.90. The van der Waals surface area contributed by atoms with Crippen LogP contribution < -0.4 is 9.64 Å². The molecule has 0 aliphatic carbocycles. The lowest BCUT2D eigenvalue weighted by atomic mass is 9.98. The number of para-hydroxylation sites is 1. The van der Waals surface area contributed by atoms with Gasteiger partial charge in [-0.15, -0.1) is 0 Å². The summed E-state index contributed by atoms with van der Waals surface area (Å²) in [6, 6.07) is 15.7. The fourth-order valence-corrected chi connectivity index (χ4v) is 4.84. The van der Waals surface area contributed by atoms with Gasteiger partial charge in [-0.1, -0.05) is 18.2 Å². The Balaban J connectivity index is 1.75. The normalized spacial score (nSPS) is 18.1. The second kappa shape index (κ2) is 8.10. The van der Waals surface area contributed by atoms with Gasteiger partial charge in [0.15, 0.2) is 0 Å². The molecule has 6 nitrogen and oxygen atoms in total. The van der Waals surface area contributed by atoms with Crippen molar-refractivity contribution in [1.29, 1.82) is 0 Å². The van der Waals surface area contributed by atoms with Crippen LogP contribution in [-0.4, -0.2) is 45.9 Å². The van der Waals surface area contributed by atoms with E-state index in [0.29, 0.717) is 25.1 Å². The maximum atomic E-state index is 13.0. The van der Waals surface area contributed by atoms with Gasteiger partial charge in [0.05, 0.1) is 17.9 Å². The molecular weight excluding hydrogens is 364 g/mol. The Bertz CT molecular complexity index is 882. The molecule has 144 valence electrons. The summed E-state index contributed by atoms with van der Waals surface area (Å²) >= 11 is 0. The molecule has 2 aromatic rings. The van der Waals surface area contributed by atoms with E-state index >= 15 is 0 Å². The van der Waals surface area contributed by atoms with Crippen molar-refractivity contribution in [3.8, 4) is 5.75 Å². The highest BCUT2D eigenvalue weighted by Crippen LogP contribution is 2.27. The van der Waals surface area contributed by atoms with E-state index < -0.39 is 10.0 Å². The van der Waals surface area contributed by atoms with Crippen LogP contribution >= 0.6 is 0 Å². The molecule has 1 aliphatic heterocycles. The number of methoxy groups -OCH3 is 1. The highest BCUT2D eigenvalue weighted by Gasteiger charge is 2.34. The lowest BCUT2D eigenvalue weighted by molar-refractivity contribution is -0.123. The molecule has 1 saturated heterocycles. The Morgan fingerprint density at radius 3 is 2.41 bits per heavy atom. The first-order valence-corrected chi connectivity index (χ1v) is 10.3. The van der Waals surface area contributed by atoms with Crippen molar-refractivity contribution in [1.82, 2.24) is 4.31 Å². The average Bonchev–Trinajstić information content (AvgIpc) is 2.73. The standard InChI is InChI=1S/C20H24N2O4S/c1-21(17-8-4-3-5-9-17)20(23)16-7-6-14-22(15-16)27(24,25)19-12-10-18(26-2)11-13-19/h3-5,8-13,16H,6-7,14-15H2,1-2H3/t16-/m1/s1. The molecule has 0 spiro atoms. The summed E-state index contributed by atoms with van der Waals surface area (Å²) < 4.78 is 32.4. The minimum absolute atomic E-state index is 0.0594. The Morgan fingerprint density at radius 2 is 1.78 bits per heavy atom. The van der Waals surface area contributed by atoms with Crippen molar-refractivity contribution in [2.45, 2.75) is 17.7 Å². The van der Waals surface area contributed by atoms with Gasteiger partial charge in [0.2, 0.25) is 15.9 Å². The monoisotopic (exact) mass is 388 g/mol. The van der Waals surface area contributed by atoms with Gasteiger partial charge >= 0.3 is 0 Å². The molecule has 0 unspecified atom stereocenters. The summed E-state index contributed by atoms with van der Waals surface area (Å²) in [5.74, 6) is 0.193. The van der Waals surface area contributed by atoms with Crippen LogP contribution in [0.1, 0.15) is 12.8 Å². The molecular formula is C20H24N2O4S. The third-order valence-electron chi connectivity index (χ3n) is 4.90. The number of anilines is 1. The molecule has 27 heavy (non-hydrogen) atoms. The number of piperidine rings is 1. The summed E-state index contributed by atoms with van der Waals surface area (Å²) in [6.07, 6.45) is 1.35. The van der Waals surface area contributed by atoms with E-state index in [0.717, 1.165) is 5.69 Å². The first-order chi connectivity index (χ1) is 12.9. The lowest BCUT2D eigenvalue weighted by Crippen LogP contribution is -2.45. The highest BCUT2D eigenvalue weighted by atomic mass is 32.2. The largest absolute Gasteiger partial charge is 0.497 e. The topological polar surface area (TPSA) is 66.9 Å². The second-order valence-corrected chi connectivity index (χ2v) is 8.55. The Kier molecular flexibility index (Phi) is 5.82. The minimum atomic E-state index is -3.64. The van der Waals surface area contributed by atoms with Crippen molar-refractivity contribution in [3.05, 3.63) is 54.6 Å². The number of benzene rings is 2. The fourth-order valence-electron chi connectivity index (χ4n) is 3.31. The third-order valence-corrected chi connectivity index (χ3v) is 6.78. The molecule has 1 amide bonds. The summed E-state index contributed by atoms with van der Waals surface area (Å²) in [5, 5.41) is 0. The Hall–Kier alpha value is -2.38. The number of ether oxygens (including phenoxy) is 1. The van der Waals surface area contributed by atoms with E-state index in [1.54, 1.807) is 24.1 Å². The van der Waals surface area contributed by atoms with E-state index in [1.807, 2.05) is 30.3 Å². The number of nitrogens with zero attached hydrogens (tertiary/aromatic N) is 2. The van der Waals surface area contributed by atoms with E-state index in [4.69, 9.17) is 4.74 Å². The molecule has 0 bridgehead atoms. The molecule has 1 fully saturated rings. The van der Waals surface area contributed by atoms with Gasteiger partial charge in [-0.3, -0.25) is 4.79 Å². The van der Waals surface area contributed by atoms with Gasteiger partial charge in [-0.2, -0.15) is 4.31 Å². The van der Waals surface area contributed by atoms with Crippen molar-refractivity contribution >= 4 is 21.6 Å². The molecule has 0 saturated carbocycles. The van der Waals surface area contributed by atoms with Gasteiger partial charge in [-0.05, 0) is 49.2 Å². The van der Waals surface area contributed by atoms with Crippen LogP contribution in [0.2, 0.25) is 0 Å². The fraction of sp³-hybridized carbons (Fsp3) is 0.350. The predicted octanol–water partition coefficient (Wildman–Crippen LogP) is 2.76. The van der Waals surface area contributed by atoms with Crippen molar-refractivity contribution < 1.29 is 17.9 Å². The van der Waals surface area contributed by atoms with Gasteiger partial charge in [-0.25, -0.2) is 8.42 Å². The number of carbonyl (C=O) groups excluding carboxylic acids is 1. The van der Waals surface area contributed by atoms with Crippen LogP contribution in [0, 0.1) is 5.92 Å². The average molecular weight is 388 g/mol. The molecule has 7 heteroatoms. The van der Waals surface area contributed by atoms with Crippen LogP contribution in [0.3, 0.4) is 0 Å².